The summed E-state index contributed by atoms with van der Waals surface area (Å²) in [7, 11) is 1.50. The van der Waals surface area contributed by atoms with Gasteiger partial charge in [0.2, 0.25) is 17.7 Å². The van der Waals surface area contributed by atoms with Gasteiger partial charge in [-0.25, -0.2) is 4.90 Å². The third-order valence-electron chi connectivity index (χ3n) is 7.52. The van der Waals surface area contributed by atoms with Gasteiger partial charge in [0.05, 0.1) is 36.2 Å². The lowest BCUT2D eigenvalue weighted by atomic mass is 9.84. The first kappa shape index (κ1) is 24.7. The van der Waals surface area contributed by atoms with Crippen LogP contribution in [-0.4, -0.2) is 35.8 Å². The second-order valence-electron chi connectivity index (χ2n) is 9.61. The second-order valence-corrected chi connectivity index (χ2v) is 9.61. The molecule has 3 heterocycles. The van der Waals surface area contributed by atoms with Gasteiger partial charge in [0.1, 0.15) is 11.8 Å². The number of rotatable bonds is 4. The monoisotopic (exact) mass is 533 g/mol. The highest BCUT2D eigenvalue weighted by atomic mass is 19.4. The topological polar surface area (TPSA) is 79.0 Å². The van der Waals surface area contributed by atoms with E-state index in [2.05, 4.69) is 5.32 Å². The fourth-order valence-corrected chi connectivity index (χ4v) is 5.83. The van der Waals surface area contributed by atoms with E-state index in [9.17, 15) is 27.6 Å². The molecule has 2 fully saturated rings. The smallest absolute Gasteiger partial charge is 0.416 e. The normalized spacial score (nSPS) is 23.4. The number of ether oxygens (including phenoxy) is 1. The van der Waals surface area contributed by atoms with Gasteiger partial charge in [-0.15, -0.1) is 0 Å². The number of alkyl halides is 3. The number of carbonyl (C=O) groups excluding carboxylic acids is 3. The molecule has 0 radical (unpaired) electrons. The SMILES string of the molecule is COc1ccc(N2C(=O)C3C(C2=O)C2c4ccccc4C=CN2C3C(=O)Nc2cccc(C(F)(F)F)c2)cc1. The summed E-state index contributed by atoms with van der Waals surface area (Å²) in [6.07, 6.45) is -1.11. The average Bonchev–Trinajstić information content (AvgIpc) is 3.41. The zero-order valence-corrected chi connectivity index (χ0v) is 20.6. The Kier molecular flexibility index (Phi) is 5.71. The van der Waals surface area contributed by atoms with Crippen LogP contribution in [0.1, 0.15) is 22.7 Å². The average molecular weight is 534 g/mol. The molecule has 0 aliphatic carbocycles. The van der Waals surface area contributed by atoms with Crippen LogP contribution >= 0.6 is 0 Å². The molecule has 6 rings (SSSR count). The quantitative estimate of drug-likeness (QED) is 0.485. The molecular formula is C29H22F3N3O4. The number of hydrogen-bond donors (Lipinski definition) is 1. The molecule has 39 heavy (non-hydrogen) atoms. The van der Waals surface area contributed by atoms with Crippen molar-refractivity contribution in [2.75, 3.05) is 17.3 Å². The van der Waals surface area contributed by atoms with Crippen molar-refractivity contribution >= 4 is 35.2 Å². The summed E-state index contributed by atoms with van der Waals surface area (Å²) in [5.41, 5.74) is 1.04. The molecule has 3 amide bonds. The van der Waals surface area contributed by atoms with Crippen LogP contribution in [0.5, 0.6) is 5.75 Å². The fraction of sp³-hybridized carbons (Fsp3) is 0.207. The van der Waals surface area contributed by atoms with Gasteiger partial charge in [-0.2, -0.15) is 13.2 Å². The Morgan fingerprint density at radius 1 is 0.923 bits per heavy atom. The highest BCUT2D eigenvalue weighted by Crippen LogP contribution is 2.53. The first-order chi connectivity index (χ1) is 18.7. The van der Waals surface area contributed by atoms with Gasteiger partial charge in [0.15, 0.2) is 0 Å². The Morgan fingerprint density at radius 3 is 2.36 bits per heavy atom. The molecule has 7 nitrogen and oxygen atoms in total. The number of fused-ring (bicyclic) bond motifs is 5. The molecule has 3 aromatic rings. The molecule has 3 aliphatic rings. The number of carbonyl (C=O) groups is 3. The van der Waals surface area contributed by atoms with Crippen LogP contribution in [-0.2, 0) is 20.6 Å². The second kappa shape index (κ2) is 9.00. The van der Waals surface area contributed by atoms with Crippen molar-refractivity contribution < 1.29 is 32.3 Å². The zero-order valence-electron chi connectivity index (χ0n) is 20.6. The van der Waals surface area contributed by atoms with Crippen LogP contribution in [0.2, 0.25) is 0 Å². The van der Waals surface area contributed by atoms with Crippen LogP contribution in [0.3, 0.4) is 0 Å². The van der Waals surface area contributed by atoms with Crippen LogP contribution in [0.25, 0.3) is 6.08 Å². The van der Waals surface area contributed by atoms with E-state index in [1.54, 1.807) is 41.4 Å². The van der Waals surface area contributed by atoms with Crippen LogP contribution in [0, 0.1) is 11.8 Å². The van der Waals surface area contributed by atoms with Crippen LogP contribution in [0.4, 0.5) is 24.5 Å². The Balaban J connectivity index is 1.40. The van der Waals surface area contributed by atoms with Crippen molar-refractivity contribution in [3.63, 3.8) is 0 Å². The minimum absolute atomic E-state index is 0.0556. The highest BCUT2D eigenvalue weighted by molar-refractivity contribution is 6.24. The largest absolute Gasteiger partial charge is 0.497 e. The lowest BCUT2D eigenvalue weighted by Crippen LogP contribution is -2.46. The molecule has 0 spiro atoms. The maximum absolute atomic E-state index is 13.9. The van der Waals surface area contributed by atoms with Gasteiger partial charge in [-0.3, -0.25) is 14.4 Å². The molecular weight excluding hydrogens is 511 g/mol. The van der Waals surface area contributed by atoms with E-state index in [0.29, 0.717) is 11.4 Å². The molecule has 3 aromatic carbocycles. The number of benzene rings is 3. The fourth-order valence-electron chi connectivity index (χ4n) is 5.83. The number of nitrogens with zero attached hydrogens (tertiary/aromatic N) is 2. The summed E-state index contributed by atoms with van der Waals surface area (Å²) in [4.78, 5) is 44.2. The first-order valence-electron chi connectivity index (χ1n) is 12.2. The van der Waals surface area contributed by atoms with E-state index in [-0.39, 0.29) is 5.69 Å². The van der Waals surface area contributed by atoms with Crippen LogP contribution in [0.15, 0.2) is 79.0 Å². The van der Waals surface area contributed by atoms with Gasteiger partial charge in [0, 0.05) is 11.9 Å². The van der Waals surface area contributed by atoms with Crippen molar-refractivity contribution in [3.8, 4) is 5.75 Å². The molecule has 198 valence electrons. The molecule has 4 atom stereocenters. The van der Waals surface area contributed by atoms with Crippen molar-refractivity contribution in [2.45, 2.75) is 18.3 Å². The third kappa shape index (κ3) is 3.94. The van der Waals surface area contributed by atoms with Gasteiger partial charge in [-0.05, 0) is 59.7 Å². The number of halogens is 3. The van der Waals surface area contributed by atoms with E-state index in [1.807, 2.05) is 24.3 Å². The summed E-state index contributed by atoms with van der Waals surface area (Å²) in [5.74, 6) is -3.03. The number of nitrogens with one attached hydrogen (secondary N) is 1. The Labute approximate surface area is 221 Å². The molecule has 4 unspecified atom stereocenters. The van der Waals surface area contributed by atoms with Gasteiger partial charge in [0.25, 0.3) is 0 Å². The molecule has 0 bridgehead atoms. The van der Waals surface area contributed by atoms with E-state index >= 15 is 0 Å². The van der Waals surface area contributed by atoms with Gasteiger partial charge >= 0.3 is 6.18 Å². The summed E-state index contributed by atoms with van der Waals surface area (Å²) in [6, 6.07) is 16.5. The molecule has 3 aliphatic heterocycles. The van der Waals surface area contributed by atoms with E-state index in [4.69, 9.17) is 4.74 Å². The number of anilines is 2. The Bertz CT molecular complexity index is 1520. The lowest BCUT2D eigenvalue weighted by molar-refractivity contribution is -0.137. The van der Waals surface area contributed by atoms with Crippen LogP contribution < -0.4 is 15.0 Å². The standard InChI is InChI=1S/C29H22F3N3O4/c1-39-20-11-9-19(10-12-20)35-27(37)22-23(28(35)38)25(34-14-13-16-5-2-3-8-21(16)24(22)34)26(36)33-18-7-4-6-17(15-18)29(30,31)32/h2-15,22-25H,1H3,(H,33,36). The van der Waals surface area contributed by atoms with E-state index in [1.165, 1.54) is 19.2 Å². The molecule has 0 saturated carbocycles. The molecule has 2 saturated heterocycles. The minimum Gasteiger partial charge on any atom is -0.497 e. The van der Waals surface area contributed by atoms with Crippen molar-refractivity contribution in [3.05, 3.63) is 95.7 Å². The summed E-state index contributed by atoms with van der Waals surface area (Å²) >= 11 is 0. The molecule has 10 heteroatoms. The molecule has 0 aromatic heterocycles. The Hall–Kier alpha value is -4.60. The third-order valence-corrected chi connectivity index (χ3v) is 7.52. The van der Waals surface area contributed by atoms with Crippen molar-refractivity contribution in [1.29, 1.82) is 0 Å². The molecule has 1 N–H and O–H groups in total. The number of amides is 3. The van der Waals surface area contributed by atoms with Crippen molar-refractivity contribution in [1.82, 2.24) is 4.90 Å². The van der Waals surface area contributed by atoms with Gasteiger partial charge < -0.3 is 15.0 Å². The van der Waals surface area contributed by atoms with Gasteiger partial charge in [-0.1, -0.05) is 30.3 Å². The predicted octanol–water partition coefficient (Wildman–Crippen LogP) is 4.87. The predicted molar refractivity (Wildman–Crippen MR) is 136 cm³/mol. The summed E-state index contributed by atoms with van der Waals surface area (Å²) < 4.78 is 45.0. The Morgan fingerprint density at radius 2 is 1.64 bits per heavy atom. The lowest BCUT2D eigenvalue weighted by Gasteiger charge is -2.35. The van der Waals surface area contributed by atoms with E-state index < -0.39 is 53.4 Å². The highest BCUT2D eigenvalue weighted by Gasteiger charge is 2.64. The number of methoxy groups -OCH3 is 1. The zero-order chi connectivity index (χ0) is 27.5. The maximum Gasteiger partial charge on any atom is 0.416 e. The first-order valence-corrected chi connectivity index (χ1v) is 12.2. The van der Waals surface area contributed by atoms with E-state index in [0.717, 1.165) is 28.2 Å². The summed E-state index contributed by atoms with van der Waals surface area (Å²) in [5, 5.41) is 2.56. The van der Waals surface area contributed by atoms with Crippen molar-refractivity contribution in [2.24, 2.45) is 11.8 Å². The minimum atomic E-state index is -4.59. The maximum atomic E-state index is 13.9. The number of hydrogen-bond acceptors (Lipinski definition) is 5. The summed E-state index contributed by atoms with van der Waals surface area (Å²) in [6.45, 7) is 0. The number of imide groups is 1.